The Morgan fingerprint density at radius 3 is 0.800 bits per heavy atom. The number of ether oxygens (including phenoxy) is 12. The molecule has 120 heavy (non-hydrogen) atoms. The first-order chi connectivity index (χ1) is 72.8. The molecule has 0 saturated carbocycles. The van der Waals surface area contributed by atoms with E-state index in [9.17, 15) is 45.2 Å². The second-order valence-corrected chi connectivity index (χ2v) is 32.9. The van der Waals surface area contributed by atoms with E-state index >= 15 is 0 Å². The Balaban J connectivity index is 0.000000237. The highest BCUT2D eigenvalue weighted by Gasteiger charge is 2.47. The summed E-state index contributed by atoms with van der Waals surface area (Å²) in [6, 6.07) is -21.0. The van der Waals surface area contributed by atoms with Crippen molar-refractivity contribution in [1.82, 2.24) is 19.6 Å². The van der Waals surface area contributed by atoms with Crippen LogP contribution in [-0.4, -0.2) is 201 Å². The largest absolute Gasteiger partial charge is 0.493 e. The number of nitrogens with zero attached hydrogens (tertiary/aromatic N) is 4. The van der Waals surface area contributed by atoms with E-state index in [0.29, 0.717) is 0 Å². The number of hydrogen-bond donors (Lipinski definition) is 4. The van der Waals surface area contributed by atoms with E-state index in [-0.39, 0.29) is 115 Å². The number of esters is 4. The second-order valence-electron chi connectivity index (χ2n) is 32.9. The molecule has 12 rings (SSSR count). The first kappa shape index (κ1) is 53.9. The van der Waals surface area contributed by atoms with Crippen molar-refractivity contribution in [1.29, 1.82) is 0 Å². The van der Waals surface area contributed by atoms with Gasteiger partial charge >= 0.3 is 23.9 Å². The molecule has 16 atom stereocenters. The molecule has 24 nitrogen and oxygen atoms in total. The van der Waals surface area contributed by atoms with Crippen LogP contribution in [0.3, 0.4) is 0 Å². The molecule has 0 radical (unpaired) electrons. The zero-order valence-corrected chi connectivity index (χ0v) is 73.1. The Kier molecular flexibility index (Phi) is 19.7. The Morgan fingerprint density at radius 2 is 0.567 bits per heavy atom. The summed E-state index contributed by atoms with van der Waals surface area (Å²) in [5, 5.41) is 0. The van der Waals surface area contributed by atoms with Crippen LogP contribution < -0.4 is 60.8 Å². The predicted octanol–water partition coefficient (Wildman–Crippen LogP) is 14.3. The van der Waals surface area contributed by atoms with Gasteiger partial charge in [0, 0.05) is 153 Å². The van der Waals surface area contributed by atoms with E-state index in [1.165, 1.54) is 28.4 Å². The third-order valence-corrected chi connectivity index (χ3v) is 20.3. The normalized spacial score (nSPS) is 40.2. The lowest BCUT2D eigenvalue weighted by Gasteiger charge is -2.47. The summed E-state index contributed by atoms with van der Waals surface area (Å²) < 4.78 is 430. The van der Waals surface area contributed by atoms with Gasteiger partial charge in [-0.2, -0.15) is 0 Å². The standard InChI is InChI=1S/4C24H38N2O4/c4*1-14(2)9-17-13-26-8-7-16-10-21(28-5)22(29-6)11-18(16)19(26)12-20(17)30-24(27)23(25)15(3)4/h4*10-11,14-15,17,19-20,23H,7-9,12-13,25H2,1-6H3/t4*17?,19?,20?,23-/m0000/s1/i5D3,10D,11D,12D2,13D2,17D,19D,20D;2*10D,11D,12D2,13D2,17D,19D,20D;5D3,10D,11D,12D2,13D2,17D,19D. The molecule has 0 amide bonds. The van der Waals surface area contributed by atoms with Crippen LogP contribution >= 0.6 is 0 Å². The van der Waals surface area contributed by atoms with Gasteiger partial charge in [0.2, 0.25) is 0 Å². The number of fused-ring (bicyclic) bond motifs is 12. The average molecular weight is 1720 g/mol. The van der Waals surface area contributed by atoms with Crippen LogP contribution in [0.1, 0.15) is 287 Å². The molecule has 8 heterocycles. The molecule has 0 bridgehead atoms. The number of nitrogens with two attached hydrogens (primary N) is 4. The molecule has 8 aliphatic heterocycles. The van der Waals surface area contributed by atoms with Gasteiger partial charge in [0.05, 0.1) is 85.5 Å². The fourth-order valence-electron chi connectivity index (χ4n) is 13.5. The summed E-state index contributed by atoms with van der Waals surface area (Å²) in [7, 11) is 1.06. The number of benzene rings is 4. The van der Waals surface area contributed by atoms with E-state index in [4.69, 9.17) is 110 Å². The summed E-state index contributed by atoms with van der Waals surface area (Å²) in [5.74, 6) is -22.1. The summed E-state index contributed by atoms with van der Waals surface area (Å²) in [6.45, 7) is 13.2. The van der Waals surface area contributed by atoms with Crippen molar-refractivity contribution < 1.29 is 132 Å². The molecule has 4 aromatic rings. The Labute approximate surface area is 776 Å². The van der Waals surface area contributed by atoms with E-state index in [0.717, 1.165) is 33.8 Å². The topological polar surface area (TPSA) is 296 Å². The smallest absolute Gasteiger partial charge is 0.323 e. The number of piperidine rings is 4. The van der Waals surface area contributed by atoms with Gasteiger partial charge < -0.3 is 79.8 Å². The Bertz CT molecular complexity index is 6000. The maximum Gasteiger partial charge on any atom is 0.323 e. The molecule has 672 valence electrons. The lowest BCUT2D eigenvalue weighted by molar-refractivity contribution is -0.161. The SMILES string of the molecule is [2H]c1c2c(c([2H])c(OC)c1OC([2H])([2H])[2H])C1([2H])N(CC2)C([2H])([2H])C([2H])(CC(C)C)C(OC(=O)[C@@H](N)C(C)C)C1([2H])[2H].[2H]c1c2c(c([2H])c(OC)c1OC([2H])([2H])[2H])C1([2H])N(CC2)C([2H])([2H])C([2H])(CC(C)C)C([2H])(OC(=O)[C@@H](N)C(C)C)C1([2H])[2H].[2H]c1c2c(c([2H])c(OC)c1OC)C1([2H])N(CC2)C([2H])([2H])C([2H])(CC(C)C)C([2H])(OC(=O)[C@@H](N)C(C)C)C1([2H])[2H].[2H]c1c2c(c([2H])c(OC)c1OC)C1([2H])N(CC2)C([2H])([2H])C([2H])(CC(C)C)C([2H])(OC(=O)[C@@H](N)C(C)C)C1([2H])[2H]. The highest BCUT2D eigenvalue weighted by Crippen LogP contribution is 2.50. The fourth-order valence-corrected chi connectivity index (χ4v) is 13.5. The molecule has 0 aromatic heterocycles. The van der Waals surface area contributed by atoms with Crippen molar-refractivity contribution in [3.05, 3.63) is 92.8 Å². The summed E-state index contributed by atoms with van der Waals surface area (Å²) in [4.78, 5) is 55.7. The first-order valence-electron chi connectivity index (χ1n) is 61.1. The molecule has 12 unspecified atom stereocenters. The van der Waals surface area contributed by atoms with Gasteiger partial charge in [-0.3, -0.25) is 38.8 Å². The zero-order valence-electron chi connectivity index (χ0n) is 114. The van der Waals surface area contributed by atoms with Crippen LogP contribution in [-0.2, 0) is 63.8 Å². The van der Waals surface area contributed by atoms with Crippen molar-refractivity contribution >= 4 is 23.9 Å². The molecule has 4 aromatic carbocycles. The second kappa shape index (κ2) is 43.9. The van der Waals surface area contributed by atoms with Crippen LogP contribution in [0, 0.1) is 70.9 Å². The van der Waals surface area contributed by atoms with Gasteiger partial charge in [0.25, 0.3) is 0 Å². The number of rotatable bonds is 28. The highest BCUT2D eigenvalue weighted by molar-refractivity contribution is 5.77. The fraction of sp³-hybridized carbons (Fsp3) is 0.708. The lowest BCUT2D eigenvalue weighted by Crippen LogP contribution is -2.51. The van der Waals surface area contributed by atoms with Crippen LogP contribution in [0.5, 0.6) is 46.0 Å². The minimum absolute atomic E-state index is 0.0532. The minimum atomic E-state index is -3.44. The Hall–Kier alpha value is -7.16. The van der Waals surface area contributed by atoms with Crippen molar-refractivity contribution in [3.8, 4) is 46.0 Å². The van der Waals surface area contributed by atoms with Gasteiger partial charge in [-0.1, -0.05) is 111 Å². The molecule has 0 aliphatic carbocycles. The summed E-state index contributed by atoms with van der Waals surface area (Å²) in [6.07, 6.45) is -27.3. The number of carbonyl (C=O) groups is 4. The number of methoxy groups -OCH3 is 8. The van der Waals surface area contributed by atoms with Crippen molar-refractivity contribution in [2.75, 3.05) is 109 Å². The summed E-state index contributed by atoms with van der Waals surface area (Å²) >= 11 is 0. The maximum absolute atomic E-state index is 13.2. The Morgan fingerprint density at radius 1 is 0.350 bits per heavy atom. The first-order valence-corrected chi connectivity index (χ1v) is 40.6. The van der Waals surface area contributed by atoms with Crippen LogP contribution in [0.15, 0.2) is 48.3 Å². The van der Waals surface area contributed by atoms with E-state index in [1.54, 1.807) is 111 Å². The van der Waals surface area contributed by atoms with Gasteiger partial charge in [-0.05, 0) is 192 Å². The van der Waals surface area contributed by atoms with Gasteiger partial charge in [-0.15, -0.1) is 0 Å². The number of hydrogen-bond acceptors (Lipinski definition) is 24. The molecule has 4 saturated heterocycles. The molecule has 8 aliphatic rings. The number of carbonyl (C=O) groups excluding carboxylic acids is 4. The minimum Gasteiger partial charge on any atom is -0.493 e. The van der Waals surface area contributed by atoms with Crippen LogP contribution in [0.2, 0.25) is 0 Å². The van der Waals surface area contributed by atoms with E-state index in [2.05, 4.69) is 0 Å². The van der Waals surface area contributed by atoms with E-state index in [1.807, 2.05) is 0 Å². The van der Waals surface area contributed by atoms with Gasteiger partial charge in [-0.25, -0.2) is 0 Å². The van der Waals surface area contributed by atoms with Crippen molar-refractivity contribution in [3.63, 3.8) is 0 Å². The monoisotopic (exact) mass is 1710 g/mol. The lowest BCUT2D eigenvalue weighted by atomic mass is 9.79. The third kappa shape index (κ3) is 23.8. The molecule has 0 spiro atoms. The molecule has 24 heteroatoms. The van der Waals surface area contributed by atoms with Crippen LogP contribution in [0.4, 0.5) is 0 Å². The predicted molar refractivity (Wildman–Crippen MR) is 471 cm³/mol. The third-order valence-electron chi connectivity index (χ3n) is 20.3. The van der Waals surface area contributed by atoms with Gasteiger partial charge in [0.15, 0.2) is 46.0 Å². The quantitative estimate of drug-likeness (QED) is 0.0303. The van der Waals surface area contributed by atoms with Gasteiger partial charge in [0.1, 0.15) is 48.5 Å². The summed E-state index contributed by atoms with van der Waals surface area (Å²) in [5.41, 5.74) is 21.8. The molecule has 4 fully saturated rings. The van der Waals surface area contributed by atoms with E-state index < -0.39 is 334 Å². The zero-order chi connectivity index (χ0) is 124. The average Bonchev–Trinajstić information content (AvgIpc) is 0.662. The molecular formula is C96H152N8O16. The van der Waals surface area contributed by atoms with Crippen molar-refractivity contribution in [2.45, 2.75) is 260 Å². The molecule has 8 N–H and O–H groups in total. The molecular weight excluding hydrogens is 1520 g/mol. The highest BCUT2D eigenvalue weighted by atomic mass is 16.6. The maximum atomic E-state index is 13.2. The van der Waals surface area contributed by atoms with Crippen LogP contribution in [0.25, 0.3) is 0 Å². The van der Waals surface area contributed by atoms with Crippen molar-refractivity contribution in [2.24, 2.45) is 93.9 Å².